The van der Waals surface area contributed by atoms with Crippen LogP contribution in [-0.4, -0.2) is 51.7 Å². The summed E-state index contributed by atoms with van der Waals surface area (Å²) < 4.78 is 48.1. The van der Waals surface area contributed by atoms with Gasteiger partial charge in [0, 0.05) is 23.1 Å². The number of ether oxygens (including phenoxy) is 1. The summed E-state index contributed by atoms with van der Waals surface area (Å²) in [6.45, 7) is 1.44. The number of benzene rings is 1. The summed E-state index contributed by atoms with van der Waals surface area (Å²) in [6, 6.07) is 7.68. The number of hydrogen-bond donors (Lipinski definition) is 0. The molecule has 0 atom stereocenters. The lowest BCUT2D eigenvalue weighted by Crippen LogP contribution is -2.41. The molecule has 2 aromatic heterocycles. The smallest absolute Gasteiger partial charge is 0.378 e. The minimum Gasteiger partial charge on any atom is -0.378 e. The van der Waals surface area contributed by atoms with Crippen LogP contribution >= 0.6 is 31.9 Å². The van der Waals surface area contributed by atoms with Gasteiger partial charge < -0.3 is 9.64 Å². The first kappa shape index (κ1) is 20.3. The molecule has 1 aromatic carbocycles. The van der Waals surface area contributed by atoms with Crippen molar-refractivity contribution in [2.75, 3.05) is 26.3 Å². The van der Waals surface area contributed by atoms with Crippen LogP contribution in [0.4, 0.5) is 13.2 Å². The van der Waals surface area contributed by atoms with Gasteiger partial charge in [-0.15, -0.1) is 0 Å². The monoisotopic (exact) mass is 532 g/mol. The fraction of sp³-hybridized carbons (Fsp3) is 0.278. The zero-order chi connectivity index (χ0) is 20.8. The maximum Gasteiger partial charge on any atom is 0.433 e. The summed E-state index contributed by atoms with van der Waals surface area (Å²) >= 11 is 6.54. The number of halogens is 5. The van der Waals surface area contributed by atoms with Crippen molar-refractivity contribution in [3.63, 3.8) is 0 Å². The molecular formula is C18H13Br2F3N4O2. The minimum atomic E-state index is -4.68. The van der Waals surface area contributed by atoms with E-state index in [1.165, 1.54) is 4.90 Å². The van der Waals surface area contributed by atoms with Gasteiger partial charge in [-0.2, -0.15) is 18.3 Å². The first-order valence-electron chi connectivity index (χ1n) is 8.55. The second-order valence-corrected chi connectivity index (χ2v) is 8.04. The summed E-state index contributed by atoms with van der Waals surface area (Å²) in [5.41, 5.74) is -0.562. The molecule has 0 bridgehead atoms. The zero-order valence-corrected chi connectivity index (χ0v) is 17.9. The number of morpholine rings is 1. The normalized spacial score (nSPS) is 15.1. The molecule has 1 amide bonds. The molecule has 29 heavy (non-hydrogen) atoms. The van der Waals surface area contributed by atoms with Crippen molar-refractivity contribution in [2.45, 2.75) is 6.18 Å². The Labute approximate surface area is 179 Å². The Hall–Kier alpha value is -1.98. The van der Waals surface area contributed by atoms with Crippen LogP contribution in [-0.2, 0) is 10.9 Å². The quantitative estimate of drug-likeness (QED) is 0.489. The molecule has 1 aliphatic rings. The van der Waals surface area contributed by atoms with Crippen molar-refractivity contribution < 1.29 is 22.7 Å². The molecule has 1 saturated heterocycles. The maximum absolute atomic E-state index is 13.8. The number of carbonyl (C=O) groups is 1. The second-order valence-electron chi connectivity index (χ2n) is 6.33. The number of alkyl halides is 3. The van der Waals surface area contributed by atoms with Crippen molar-refractivity contribution in [1.29, 1.82) is 0 Å². The average Bonchev–Trinajstić information content (AvgIpc) is 3.04. The molecule has 152 valence electrons. The van der Waals surface area contributed by atoms with E-state index in [0.717, 1.165) is 10.5 Å². The molecule has 6 nitrogen and oxygen atoms in total. The van der Waals surface area contributed by atoms with E-state index >= 15 is 0 Å². The molecule has 0 unspecified atom stereocenters. The molecular weight excluding hydrogens is 521 g/mol. The van der Waals surface area contributed by atoms with Gasteiger partial charge in [-0.25, -0.2) is 9.50 Å². The van der Waals surface area contributed by atoms with Gasteiger partial charge in [-0.3, -0.25) is 4.79 Å². The SMILES string of the molecule is O=C(c1nn2c(C(F)(F)F)cc(-c3ccc(Br)cc3)nc2c1Br)N1CCOCC1. The van der Waals surface area contributed by atoms with Crippen molar-refractivity contribution in [1.82, 2.24) is 19.5 Å². The van der Waals surface area contributed by atoms with Crippen molar-refractivity contribution in [3.8, 4) is 11.3 Å². The molecule has 3 aromatic rings. The Kier molecular flexibility index (Phi) is 5.38. The highest BCUT2D eigenvalue weighted by Crippen LogP contribution is 2.35. The van der Waals surface area contributed by atoms with Gasteiger partial charge in [0.15, 0.2) is 17.0 Å². The lowest BCUT2D eigenvalue weighted by molar-refractivity contribution is -0.142. The van der Waals surface area contributed by atoms with E-state index in [1.807, 2.05) is 0 Å². The molecule has 4 rings (SSSR count). The van der Waals surface area contributed by atoms with Gasteiger partial charge in [-0.05, 0) is 34.1 Å². The predicted molar refractivity (Wildman–Crippen MR) is 106 cm³/mol. The van der Waals surface area contributed by atoms with Crippen LogP contribution in [0.25, 0.3) is 16.9 Å². The molecule has 3 heterocycles. The van der Waals surface area contributed by atoms with E-state index in [2.05, 4.69) is 41.9 Å². The molecule has 1 aliphatic heterocycles. The van der Waals surface area contributed by atoms with Crippen LogP contribution in [0, 0.1) is 0 Å². The fourth-order valence-corrected chi connectivity index (χ4v) is 3.78. The highest BCUT2D eigenvalue weighted by atomic mass is 79.9. The predicted octanol–water partition coefficient (Wildman–Crippen LogP) is 4.41. The van der Waals surface area contributed by atoms with Gasteiger partial charge in [0.1, 0.15) is 0 Å². The second kappa shape index (κ2) is 7.69. The number of nitrogens with zero attached hydrogens (tertiary/aromatic N) is 4. The lowest BCUT2D eigenvalue weighted by atomic mass is 10.1. The van der Waals surface area contributed by atoms with Crippen molar-refractivity contribution >= 4 is 43.4 Å². The van der Waals surface area contributed by atoms with Crippen LogP contribution in [0.15, 0.2) is 39.3 Å². The van der Waals surface area contributed by atoms with E-state index in [-0.39, 0.29) is 21.5 Å². The van der Waals surface area contributed by atoms with Crippen LogP contribution < -0.4 is 0 Å². The summed E-state index contributed by atoms with van der Waals surface area (Å²) in [6.07, 6.45) is -4.68. The van der Waals surface area contributed by atoms with Crippen LogP contribution in [0.5, 0.6) is 0 Å². The highest BCUT2D eigenvalue weighted by molar-refractivity contribution is 9.11. The number of rotatable bonds is 2. The van der Waals surface area contributed by atoms with Crippen molar-refractivity contribution in [3.05, 3.63) is 50.7 Å². The molecule has 0 radical (unpaired) electrons. The Morgan fingerprint density at radius 1 is 1.10 bits per heavy atom. The Balaban J connectivity index is 1.88. The van der Waals surface area contributed by atoms with Gasteiger partial charge in [-0.1, -0.05) is 28.1 Å². The number of fused-ring (bicyclic) bond motifs is 1. The number of hydrogen-bond acceptors (Lipinski definition) is 4. The maximum atomic E-state index is 13.8. The Bertz CT molecular complexity index is 1080. The first-order valence-corrected chi connectivity index (χ1v) is 10.1. The van der Waals surface area contributed by atoms with E-state index in [9.17, 15) is 18.0 Å². The summed E-state index contributed by atoms with van der Waals surface area (Å²) in [7, 11) is 0. The zero-order valence-electron chi connectivity index (χ0n) is 14.7. The molecule has 1 fully saturated rings. The molecule has 0 N–H and O–H groups in total. The number of carbonyl (C=O) groups excluding carboxylic acids is 1. The summed E-state index contributed by atoms with van der Waals surface area (Å²) in [5.74, 6) is -0.469. The minimum absolute atomic E-state index is 0.0747. The van der Waals surface area contributed by atoms with E-state index in [4.69, 9.17) is 4.74 Å². The molecule has 0 saturated carbocycles. The molecule has 0 aliphatic carbocycles. The van der Waals surface area contributed by atoms with Crippen molar-refractivity contribution in [2.24, 2.45) is 0 Å². The van der Waals surface area contributed by atoms with Crippen LogP contribution in [0.3, 0.4) is 0 Å². The van der Waals surface area contributed by atoms with Gasteiger partial charge in [0.2, 0.25) is 0 Å². The van der Waals surface area contributed by atoms with Crippen LogP contribution in [0.2, 0.25) is 0 Å². The number of aromatic nitrogens is 3. The van der Waals surface area contributed by atoms with E-state index in [0.29, 0.717) is 36.4 Å². The van der Waals surface area contributed by atoms with E-state index in [1.54, 1.807) is 24.3 Å². The third-order valence-corrected chi connectivity index (χ3v) is 5.72. The highest BCUT2D eigenvalue weighted by Gasteiger charge is 2.37. The topological polar surface area (TPSA) is 59.7 Å². The van der Waals surface area contributed by atoms with Crippen LogP contribution in [0.1, 0.15) is 16.2 Å². The lowest BCUT2D eigenvalue weighted by Gasteiger charge is -2.26. The Morgan fingerprint density at radius 2 is 1.76 bits per heavy atom. The molecule has 11 heteroatoms. The van der Waals surface area contributed by atoms with Gasteiger partial charge in [0.05, 0.1) is 23.4 Å². The molecule has 0 spiro atoms. The average molecular weight is 534 g/mol. The largest absolute Gasteiger partial charge is 0.433 e. The van der Waals surface area contributed by atoms with E-state index < -0.39 is 17.8 Å². The van der Waals surface area contributed by atoms with Gasteiger partial charge in [0.25, 0.3) is 5.91 Å². The van der Waals surface area contributed by atoms with Gasteiger partial charge >= 0.3 is 6.18 Å². The summed E-state index contributed by atoms with van der Waals surface area (Å²) in [4.78, 5) is 18.6. The first-order chi connectivity index (χ1) is 13.8. The third-order valence-electron chi connectivity index (χ3n) is 4.46. The fourth-order valence-electron chi connectivity index (χ4n) is 3.01. The number of amides is 1. The summed E-state index contributed by atoms with van der Waals surface area (Å²) in [5, 5.41) is 3.95. The Morgan fingerprint density at radius 3 is 2.38 bits per heavy atom. The standard InChI is InChI=1S/C18H13Br2F3N4O2/c19-11-3-1-10(2-4-11)12-9-13(18(21,22)23)27-16(24-12)14(20)15(25-27)17(28)26-5-7-29-8-6-26/h1-4,9H,5-8H2. The third kappa shape index (κ3) is 3.90.